The quantitative estimate of drug-likeness (QED) is 0.601. The molecule has 1 aromatic carbocycles. The normalized spacial score (nSPS) is 10.4. The lowest BCUT2D eigenvalue weighted by molar-refractivity contribution is -0.0494. The minimum absolute atomic E-state index is 0.0924. The van der Waals surface area contributed by atoms with Crippen molar-refractivity contribution in [1.29, 1.82) is 0 Å². The van der Waals surface area contributed by atoms with Gasteiger partial charge in [0.05, 0.1) is 5.69 Å². The topological polar surface area (TPSA) is 46.2 Å². The van der Waals surface area contributed by atoms with Crippen molar-refractivity contribution in [3.63, 3.8) is 0 Å². The Hall–Kier alpha value is -2.06. The summed E-state index contributed by atoms with van der Waals surface area (Å²) in [5.74, 6) is 0.0924. The molecule has 23 heavy (non-hydrogen) atoms. The van der Waals surface area contributed by atoms with Gasteiger partial charge in [-0.05, 0) is 31.3 Å². The highest BCUT2D eigenvalue weighted by atomic mass is 32.1. The zero-order valence-electron chi connectivity index (χ0n) is 12.3. The van der Waals surface area contributed by atoms with E-state index in [1.54, 1.807) is 24.3 Å². The molecule has 0 aliphatic carbocycles. The van der Waals surface area contributed by atoms with E-state index < -0.39 is 6.61 Å². The van der Waals surface area contributed by atoms with Crippen molar-refractivity contribution in [2.45, 2.75) is 13.5 Å². The molecular weight excluding hydrogens is 340 g/mol. The molecule has 0 aliphatic rings. The van der Waals surface area contributed by atoms with Crippen molar-refractivity contribution in [3.8, 4) is 17.0 Å². The Bertz CT molecular complexity index is 704. The van der Waals surface area contributed by atoms with Crippen LogP contribution in [-0.2, 0) is 0 Å². The predicted octanol–water partition coefficient (Wildman–Crippen LogP) is 4.19. The Balaban J connectivity index is 2.24. The molecule has 0 amide bonds. The number of hydrogen-bond acceptors (Lipinski definition) is 4. The van der Waals surface area contributed by atoms with Crippen LogP contribution in [0, 0.1) is 6.92 Å². The summed E-state index contributed by atoms with van der Waals surface area (Å²) in [6.07, 6.45) is 1.68. The first kappa shape index (κ1) is 17.3. The van der Waals surface area contributed by atoms with Crippen molar-refractivity contribution in [2.75, 3.05) is 11.9 Å². The lowest BCUT2D eigenvalue weighted by Gasteiger charge is -2.09. The number of para-hydroxylation sites is 1. The zero-order valence-corrected chi connectivity index (χ0v) is 13.9. The SMILES string of the molecule is C=CCNC(=S)Nc1nc(-c2ccccc2OC(F)F)c(C)s1. The van der Waals surface area contributed by atoms with Gasteiger partial charge in [0.15, 0.2) is 10.2 Å². The van der Waals surface area contributed by atoms with Crippen molar-refractivity contribution in [2.24, 2.45) is 0 Å². The van der Waals surface area contributed by atoms with E-state index in [2.05, 4.69) is 26.9 Å². The van der Waals surface area contributed by atoms with Crippen LogP contribution in [0.25, 0.3) is 11.3 Å². The average molecular weight is 355 g/mol. The number of halogens is 2. The highest BCUT2D eigenvalue weighted by molar-refractivity contribution is 7.80. The molecule has 1 heterocycles. The minimum atomic E-state index is -2.89. The Morgan fingerprint density at radius 2 is 2.22 bits per heavy atom. The van der Waals surface area contributed by atoms with Crippen LogP contribution in [0.3, 0.4) is 0 Å². The summed E-state index contributed by atoms with van der Waals surface area (Å²) < 4.78 is 29.6. The van der Waals surface area contributed by atoms with E-state index in [1.807, 2.05) is 6.92 Å². The number of ether oxygens (including phenoxy) is 1. The molecule has 2 aromatic rings. The minimum Gasteiger partial charge on any atom is -0.434 e. The lowest BCUT2D eigenvalue weighted by atomic mass is 10.1. The highest BCUT2D eigenvalue weighted by Crippen LogP contribution is 2.36. The summed E-state index contributed by atoms with van der Waals surface area (Å²) in [5, 5.41) is 6.88. The number of nitrogens with zero attached hydrogens (tertiary/aromatic N) is 1. The molecule has 122 valence electrons. The van der Waals surface area contributed by atoms with Gasteiger partial charge in [-0.3, -0.25) is 0 Å². The van der Waals surface area contributed by atoms with Crippen LogP contribution >= 0.6 is 23.6 Å². The van der Waals surface area contributed by atoms with Gasteiger partial charge in [0, 0.05) is 17.0 Å². The zero-order chi connectivity index (χ0) is 16.8. The predicted molar refractivity (Wildman–Crippen MR) is 93.3 cm³/mol. The third kappa shape index (κ3) is 4.70. The molecule has 0 bridgehead atoms. The van der Waals surface area contributed by atoms with Crippen molar-refractivity contribution < 1.29 is 13.5 Å². The van der Waals surface area contributed by atoms with E-state index in [9.17, 15) is 8.78 Å². The Kier molecular flexibility index (Phi) is 6.00. The summed E-state index contributed by atoms with van der Waals surface area (Å²) in [6.45, 7) is 3.10. The summed E-state index contributed by atoms with van der Waals surface area (Å²) in [6, 6.07) is 6.56. The molecule has 0 spiro atoms. The number of rotatable bonds is 6. The monoisotopic (exact) mass is 355 g/mol. The molecule has 0 saturated heterocycles. The number of thiazole rings is 1. The number of aromatic nitrogens is 1. The lowest BCUT2D eigenvalue weighted by Crippen LogP contribution is -2.28. The van der Waals surface area contributed by atoms with Gasteiger partial charge in [-0.15, -0.1) is 17.9 Å². The highest BCUT2D eigenvalue weighted by Gasteiger charge is 2.16. The molecule has 2 N–H and O–H groups in total. The number of thiocarbonyl (C=S) groups is 1. The molecule has 0 fully saturated rings. The molecule has 0 radical (unpaired) electrons. The van der Waals surface area contributed by atoms with Crippen LogP contribution in [-0.4, -0.2) is 23.3 Å². The fourth-order valence-electron chi connectivity index (χ4n) is 1.87. The van der Waals surface area contributed by atoms with E-state index in [4.69, 9.17) is 12.2 Å². The number of benzene rings is 1. The van der Waals surface area contributed by atoms with E-state index in [-0.39, 0.29) is 5.75 Å². The second-order valence-corrected chi connectivity index (χ2v) is 6.03. The maximum atomic E-state index is 12.5. The first-order valence-corrected chi connectivity index (χ1v) is 7.91. The van der Waals surface area contributed by atoms with Crippen molar-refractivity contribution in [3.05, 3.63) is 41.8 Å². The molecule has 0 aliphatic heterocycles. The number of hydrogen-bond donors (Lipinski definition) is 2. The third-order valence-electron chi connectivity index (χ3n) is 2.78. The van der Waals surface area contributed by atoms with Gasteiger partial charge < -0.3 is 15.4 Å². The first-order chi connectivity index (χ1) is 11.0. The van der Waals surface area contributed by atoms with Gasteiger partial charge in [0.2, 0.25) is 0 Å². The molecule has 4 nitrogen and oxygen atoms in total. The van der Waals surface area contributed by atoms with Crippen molar-refractivity contribution in [1.82, 2.24) is 10.3 Å². The standard InChI is InChI=1S/C15H15F2N3OS2/c1-3-8-18-14(22)20-15-19-12(9(2)23-15)10-6-4-5-7-11(10)21-13(16)17/h3-7,13H,1,8H2,2H3,(H2,18,19,20,22). The fraction of sp³-hybridized carbons (Fsp3) is 0.200. The van der Waals surface area contributed by atoms with Crippen LogP contribution in [0.4, 0.5) is 13.9 Å². The number of nitrogens with one attached hydrogen (secondary N) is 2. The summed E-state index contributed by atoms with van der Waals surface area (Å²) in [5.41, 5.74) is 1.10. The van der Waals surface area contributed by atoms with Crippen LogP contribution in [0.5, 0.6) is 5.75 Å². The van der Waals surface area contributed by atoms with Gasteiger partial charge in [0.1, 0.15) is 5.75 Å². The van der Waals surface area contributed by atoms with Crippen LogP contribution in [0.2, 0.25) is 0 Å². The molecule has 2 rings (SSSR count). The Morgan fingerprint density at radius 3 is 2.91 bits per heavy atom. The van der Waals surface area contributed by atoms with Crippen molar-refractivity contribution >= 4 is 33.8 Å². The molecular formula is C15H15F2N3OS2. The Morgan fingerprint density at radius 1 is 1.48 bits per heavy atom. The van der Waals surface area contributed by atoms with Gasteiger partial charge >= 0.3 is 6.61 Å². The van der Waals surface area contributed by atoms with E-state index >= 15 is 0 Å². The number of alkyl halides is 2. The van der Waals surface area contributed by atoms with Crippen LogP contribution in [0.15, 0.2) is 36.9 Å². The average Bonchev–Trinajstić information content (AvgIpc) is 2.85. The van der Waals surface area contributed by atoms with Gasteiger partial charge in [-0.2, -0.15) is 8.78 Å². The van der Waals surface area contributed by atoms with Gasteiger partial charge in [-0.25, -0.2) is 4.98 Å². The second-order valence-electron chi connectivity index (χ2n) is 4.42. The van der Waals surface area contributed by atoms with Gasteiger partial charge in [-0.1, -0.05) is 18.2 Å². The van der Waals surface area contributed by atoms with Crippen LogP contribution < -0.4 is 15.4 Å². The smallest absolute Gasteiger partial charge is 0.387 e. The molecule has 8 heteroatoms. The van der Waals surface area contributed by atoms with E-state index in [0.717, 1.165) is 4.88 Å². The Labute approximate surface area is 142 Å². The van der Waals surface area contributed by atoms with E-state index in [1.165, 1.54) is 17.4 Å². The van der Waals surface area contributed by atoms with Gasteiger partial charge in [0.25, 0.3) is 0 Å². The number of anilines is 1. The molecule has 1 aromatic heterocycles. The molecule has 0 unspecified atom stereocenters. The maximum absolute atomic E-state index is 12.5. The molecule has 0 saturated carbocycles. The first-order valence-electron chi connectivity index (χ1n) is 6.68. The number of aryl methyl sites for hydroxylation is 1. The second kappa shape index (κ2) is 7.98. The summed E-state index contributed by atoms with van der Waals surface area (Å²) >= 11 is 6.51. The largest absolute Gasteiger partial charge is 0.434 e. The molecule has 0 atom stereocenters. The summed E-state index contributed by atoms with van der Waals surface area (Å²) in [7, 11) is 0. The van der Waals surface area contributed by atoms with E-state index in [0.29, 0.717) is 28.0 Å². The maximum Gasteiger partial charge on any atom is 0.387 e. The third-order valence-corrected chi connectivity index (χ3v) is 3.91. The fourth-order valence-corrected chi connectivity index (χ4v) is 2.94. The van der Waals surface area contributed by atoms with Crippen LogP contribution in [0.1, 0.15) is 4.88 Å². The summed E-state index contributed by atoms with van der Waals surface area (Å²) in [4.78, 5) is 5.29.